The lowest BCUT2D eigenvalue weighted by atomic mass is 10.4. The molecular weight excluding hydrogens is 298 g/mol. The summed E-state index contributed by atoms with van der Waals surface area (Å²) in [5, 5.41) is 11.6. The van der Waals surface area contributed by atoms with Crippen LogP contribution in [0.25, 0.3) is 0 Å². The Bertz CT molecular complexity index is 613. The first-order valence-corrected chi connectivity index (χ1v) is 7.18. The van der Waals surface area contributed by atoms with Crippen molar-refractivity contribution in [2.24, 2.45) is 7.05 Å². The fourth-order valence-corrected chi connectivity index (χ4v) is 2.35. The van der Waals surface area contributed by atoms with Gasteiger partial charge >= 0.3 is 0 Å². The Morgan fingerprint density at radius 1 is 1.45 bits per heavy atom. The van der Waals surface area contributed by atoms with Crippen LogP contribution in [0.1, 0.15) is 12.7 Å². The van der Waals surface area contributed by atoms with Gasteiger partial charge in [-0.3, -0.25) is 4.79 Å². The van der Waals surface area contributed by atoms with Crippen LogP contribution in [-0.4, -0.2) is 30.9 Å². The lowest BCUT2D eigenvalue weighted by molar-refractivity contribution is -0.115. The molecule has 1 atom stereocenters. The van der Waals surface area contributed by atoms with Crippen LogP contribution in [0.15, 0.2) is 23.5 Å². The predicted octanol–water partition coefficient (Wildman–Crippen LogP) is 2.29. The maximum Gasteiger partial charge on any atom is 0.238 e. The summed E-state index contributed by atoms with van der Waals surface area (Å²) in [6, 6.07) is 3.33. The molecule has 8 heteroatoms. The number of rotatable bonds is 4. The Hall–Kier alpha value is -1.60. The lowest BCUT2D eigenvalue weighted by Crippen LogP contribution is -2.23. The number of halogens is 1. The lowest BCUT2D eigenvalue weighted by Gasteiger charge is -2.10. The van der Waals surface area contributed by atoms with Gasteiger partial charge in [0.05, 0.1) is 10.3 Å². The monoisotopic (exact) mass is 311 g/mol. The molecule has 2 aromatic rings. The molecule has 0 fully saturated rings. The van der Waals surface area contributed by atoms with E-state index in [1.807, 2.05) is 18.5 Å². The van der Waals surface area contributed by atoms with E-state index in [1.165, 1.54) is 18.0 Å². The predicted molar refractivity (Wildman–Crippen MR) is 78.9 cm³/mol. The highest BCUT2D eigenvalue weighted by Gasteiger charge is 2.18. The average molecular weight is 312 g/mol. The fourth-order valence-electron chi connectivity index (χ4n) is 1.38. The molecule has 1 amide bonds. The van der Waals surface area contributed by atoms with E-state index in [1.54, 1.807) is 19.1 Å². The fraction of sp³-hybridized carbons (Fsp3) is 0.333. The normalized spacial score (nSPS) is 12.2. The van der Waals surface area contributed by atoms with Crippen LogP contribution >= 0.6 is 23.4 Å². The summed E-state index contributed by atoms with van der Waals surface area (Å²) in [6.45, 7) is 3.67. The van der Waals surface area contributed by atoms with Crippen LogP contribution in [0, 0.1) is 6.92 Å². The molecule has 0 radical (unpaired) electrons. The van der Waals surface area contributed by atoms with Crippen LogP contribution in [-0.2, 0) is 11.8 Å². The molecule has 6 nitrogen and oxygen atoms in total. The Kier molecular flexibility index (Phi) is 4.61. The van der Waals surface area contributed by atoms with Gasteiger partial charge in [0.25, 0.3) is 0 Å². The van der Waals surface area contributed by atoms with E-state index in [4.69, 9.17) is 11.6 Å². The molecule has 0 unspecified atom stereocenters. The number of nitrogens with zero attached hydrogens (tertiary/aromatic N) is 4. The second-order valence-electron chi connectivity index (χ2n) is 4.20. The molecular formula is C12H14ClN5OS. The van der Waals surface area contributed by atoms with Gasteiger partial charge in [-0.15, -0.1) is 10.2 Å². The number of thioether (sulfide) groups is 1. The number of nitrogens with one attached hydrogen (secondary N) is 1. The van der Waals surface area contributed by atoms with Crippen molar-refractivity contribution in [3.8, 4) is 0 Å². The van der Waals surface area contributed by atoms with Crippen molar-refractivity contribution in [3.63, 3.8) is 0 Å². The molecule has 2 rings (SSSR count). The third-order valence-corrected chi connectivity index (χ3v) is 4.04. The minimum absolute atomic E-state index is 0.148. The number of aryl methyl sites for hydroxylation is 1. The van der Waals surface area contributed by atoms with Crippen LogP contribution in [0.2, 0.25) is 5.02 Å². The van der Waals surface area contributed by atoms with Gasteiger partial charge in [0.1, 0.15) is 11.6 Å². The van der Waals surface area contributed by atoms with Crippen molar-refractivity contribution in [1.82, 2.24) is 19.7 Å². The van der Waals surface area contributed by atoms with Crippen molar-refractivity contribution in [2.45, 2.75) is 24.3 Å². The molecule has 0 spiro atoms. The van der Waals surface area contributed by atoms with E-state index in [9.17, 15) is 4.79 Å². The Labute approximate surface area is 125 Å². The minimum atomic E-state index is -0.310. The van der Waals surface area contributed by atoms with Gasteiger partial charge in [0, 0.05) is 13.2 Å². The third-order valence-electron chi connectivity index (χ3n) is 2.68. The molecule has 0 bridgehead atoms. The van der Waals surface area contributed by atoms with Crippen molar-refractivity contribution in [1.29, 1.82) is 0 Å². The molecule has 0 aromatic carbocycles. The van der Waals surface area contributed by atoms with Gasteiger partial charge in [0.15, 0.2) is 5.16 Å². The number of carbonyl (C=O) groups is 1. The largest absolute Gasteiger partial charge is 0.310 e. The van der Waals surface area contributed by atoms with Crippen LogP contribution in [0.3, 0.4) is 0 Å². The Balaban J connectivity index is 1.98. The van der Waals surface area contributed by atoms with E-state index in [-0.39, 0.29) is 11.2 Å². The third kappa shape index (κ3) is 3.49. The average Bonchev–Trinajstić information content (AvgIpc) is 2.73. The van der Waals surface area contributed by atoms with E-state index in [0.717, 1.165) is 5.82 Å². The summed E-state index contributed by atoms with van der Waals surface area (Å²) in [6.07, 6.45) is 1.49. The number of anilines is 1. The Morgan fingerprint density at radius 2 is 2.20 bits per heavy atom. The summed E-state index contributed by atoms with van der Waals surface area (Å²) < 4.78 is 1.84. The molecule has 2 heterocycles. The Morgan fingerprint density at radius 3 is 2.75 bits per heavy atom. The SMILES string of the molecule is Cc1nnc(S[C@@H](C)C(=O)Nc2ccc(Cl)cn2)n1C. The van der Waals surface area contributed by atoms with E-state index in [0.29, 0.717) is 16.0 Å². The summed E-state index contributed by atoms with van der Waals surface area (Å²) in [7, 11) is 1.86. The molecule has 106 valence electrons. The highest BCUT2D eigenvalue weighted by atomic mass is 35.5. The second-order valence-corrected chi connectivity index (χ2v) is 5.94. The first-order chi connectivity index (χ1) is 9.47. The van der Waals surface area contributed by atoms with Gasteiger partial charge in [-0.25, -0.2) is 4.98 Å². The number of carbonyl (C=O) groups excluding carboxylic acids is 1. The second kappa shape index (κ2) is 6.23. The highest BCUT2D eigenvalue weighted by Crippen LogP contribution is 2.22. The molecule has 1 N–H and O–H groups in total. The molecule has 0 saturated heterocycles. The van der Waals surface area contributed by atoms with Crippen LogP contribution < -0.4 is 5.32 Å². The highest BCUT2D eigenvalue weighted by molar-refractivity contribution is 8.00. The summed E-state index contributed by atoms with van der Waals surface area (Å²) in [5.41, 5.74) is 0. The first kappa shape index (κ1) is 14.8. The molecule has 0 aliphatic rings. The minimum Gasteiger partial charge on any atom is -0.310 e. The zero-order valence-corrected chi connectivity index (χ0v) is 12.9. The number of hydrogen-bond acceptors (Lipinski definition) is 5. The maximum atomic E-state index is 12.1. The van der Waals surface area contributed by atoms with Crippen molar-refractivity contribution in [2.75, 3.05) is 5.32 Å². The number of hydrogen-bond donors (Lipinski definition) is 1. The van der Waals surface area contributed by atoms with Gasteiger partial charge in [0.2, 0.25) is 5.91 Å². The van der Waals surface area contributed by atoms with E-state index in [2.05, 4.69) is 20.5 Å². The maximum absolute atomic E-state index is 12.1. The molecule has 0 aliphatic carbocycles. The summed E-state index contributed by atoms with van der Waals surface area (Å²) in [4.78, 5) is 16.1. The van der Waals surface area contributed by atoms with Gasteiger partial charge in [-0.2, -0.15) is 0 Å². The van der Waals surface area contributed by atoms with Crippen LogP contribution in [0.5, 0.6) is 0 Å². The zero-order valence-electron chi connectivity index (χ0n) is 11.3. The van der Waals surface area contributed by atoms with Gasteiger partial charge in [-0.05, 0) is 26.0 Å². The summed E-state index contributed by atoms with van der Waals surface area (Å²) in [5.74, 6) is 1.13. The van der Waals surface area contributed by atoms with E-state index >= 15 is 0 Å². The van der Waals surface area contributed by atoms with Crippen molar-refractivity contribution in [3.05, 3.63) is 29.2 Å². The van der Waals surface area contributed by atoms with E-state index < -0.39 is 0 Å². The molecule has 0 aliphatic heterocycles. The number of aromatic nitrogens is 4. The molecule has 2 aromatic heterocycles. The zero-order chi connectivity index (χ0) is 14.7. The standard InChI is InChI=1S/C12H14ClN5OS/c1-7(20-12-17-16-8(2)18(12)3)11(19)15-10-5-4-9(13)6-14-10/h4-7H,1-3H3,(H,14,15,19)/t7-/m0/s1. The smallest absolute Gasteiger partial charge is 0.238 e. The first-order valence-electron chi connectivity index (χ1n) is 5.92. The van der Waals surface area contributed by atoms with Gasteiger partial charge in [-0.1, -0.05) is 23.4 Å². The van der Waals surface area contributed by atoms with Crippen LogP contribution in [0.4, 0.5) is 5.82 Å². The summed E-state index contributed by atoms with van der Waals surface area (Å²) >= 11 is 7.09. The number of pyridine rings is 1. The quantitative estimate of drug-likeness (QED) is 0.877. The molecule has 0 saturated carbocycles. The van der Waals surface area contributed by atoms with Gasteiger partial charge < -0.3 is 9.88 Å². The van der Waals surface area contributed by atoms with Crippen molar-refractivity contribution < 1.29 is 4.79 Å². The topological polar surface area (TPSA) is 72.7 Å². The molecule has 20 heavy (non-hydrogen) atoms. The van der Waals surface area contributed by atoms with Crippen molar-refractivity contribution >= 4 is 35.1 Å². The number of amides is 1.